The van der Waals surface area contributed by atoms with E-state index >= 15 is 0 Å². The molecule has 0 rings (SSSR count). The summed E-state index contributed by atoms with van der Waals surface area (Å²) in [4.78, 5) is 2.54. The van der Waals surface area contributed by atoms with E-state index < -0.39 is 13.3 Å². The molecule has 62 valence electrons. The van der Waals surface area contributed by atoms with Crippen LogP contribution in [0.2, 0.25) is 17.3 Å². The van der Waals surface area contributed by atoms with Crippen LogP contribution in [0.25, 0.3) is 0 Å². The summed E-state index contributed by atoms with van der Waals surface area (Å²) in [5, 5.41) is 1.40. The first-order valence-corrected chi connectivity index (χ1v) is 12.0. The van der Waals surface area contributed by atoms with Crippen molar-refractivity contribution in [3.05, 3.63) is 0 Å². The van der Waals surface area contributed by atoms with Gasteiger partial charge in [-0.2, -0.15) is 0 Å². The second kappa shape index (κ2) is 4.40. The molecule has 0 aromatic carbocycles. The van der Waals surface area contributed by atoms with Crippen molar-refractivity contribution in [3.63, 3.8) is 0 Å². The number of hydrogen-bond acceptors (Lipinski definition) is 1. The van der Waals surface area contributed by atoms with Crippen LogP contribution in [0.3, 0.4) is 0 Å². The standard InChI is InChI=1S/C8H21GeN/c1-6-10(7-2)8-9(3,4)5/h6-8H2,1-5H3. The Bertz CT molecular complexity index is 81.7. The second-order valence-electron chi connectivity index (χ2n) is 4.02. The first-order chi connectivity index (χ1) is 4.49. The van der Waals surface area contributed by atoms with E-state index in [1.807, 2.05) is 0 Å². The van der Waals surface area contributed by atoms with Crippen LogP contribution in [-0.4, -0.2) is 36.6 Å². The minimum absolute atomic E-state index is 1.22. The summed E-state index contributed by atoms with van der Waals surface area (Å²) in [6, 6.07) is 0. The molecule has 0 unspecified atom stereocenters. The third-order valence-corrected chi connectivity index (χ3v) is 4.52. The molecule has 0 spiro atoms. The fraction of sp³-hybridized carbons (Fsp3) is 1.00. The molecular formula is C8H21GeN. The minimum atomic E-state index is -1.29. The monoisotopic (exact) mass is 205 g/mol. The van der Waals surface area contributed by atoms with Crippen LogP contribution in [0.4, 0.5) is 0 Å². The van der Waals surface area contributed by atoms with Gasteiger partial charge in [-0.15, -0.1) is 0 Å². The third kappa shape index (κ3) is 5.30. The summed E-state index contributed by atoms with van der Waals surface area (Å²) in [5.74, 6) is 7.41. The van der Waals surface area contributed by atoms with Gasteiger partial charge in [0, 0.05) is 0 Å². The average molecular weight is 204 g/mol. The van der Waals surface area contributed by atoms with Crippen molar-refractivity contribution in [3.8, 4) is 0 Å². The van der Waals surface area contributed by atoms with Crippen molar-refractivity contribution < 1.29 is 0 Å². The summed E-state index contributed by atoms with van der Waals surface area (Å²) in [6.07, 6.45) is 0. The van der Waals surface area contributed by atoms with Gasteiger partial charge in [0.05, 0.1) is 0 Å². The fourth-order valence-corrected chi connectivity index (χ4v) is 4.87. The van der Waals surface area contributed by atoms with Gasteiger partial charge in [-0.3, -0.25) is 0 Å². The SMILES string of the molecule is CCN(CC)[CH2][Ge]([CH3])([CH3])[CH3]. The van der Waals surface area contributed by atoms with Crippen molar-refractivity contribution in [1.82, 2.24) is 4.90 Å². The van der Waals surface area contributed by atoms with E-state index in [-0.39, 0.29) is 0 Å². The Balaban J connectivity index is 3.63. The van der Waals surface area contributed by atoms with Crippen molar-refractivity contribution in [1.29, 1.82) is 0 Å². The Morgan fingerprint density at radius 2 is 1.40 bits per heavy atom. The fourth-order valence-electron chi connectivity index (χ4n) is 1.12. The van der Waals surface area contributed by atoms with Gasteiger partial charge in [0.15, 0.2) is 0 Å². The molecule has 0 aliphatic rings. The molecule has 0 fully saturated rings. The predicted molar refractivity (Wildman–Crippen MR) is 51.1 cm³/mol. The Morgan fingerprint density at radius 3 is 1.50 bits per heavy atom. The maximum absolute atomic E-state index is 2.54. The van der Waals surface area contributed by atoms with Crippen molar-refractivity contribution in [2.24, 2.45) is 0 Å². The van der Waals surface area contributed by atoms with E-state index in [1.165, 1.54) is 18.5 Å². The van der Waals surface area contributed by atoms with Crippen LogP contribution in [0, 0.1) is 0 Å². The predicted octanol–water partition coefficient (Wildman–Crippen LogP) is 2.21. The van der Waals surface area contributed by atoms with Crippen LogP contribution >= 0.6 is 0 Å². The zero-order valence-corrected chi connectivity index (χ0v) is 10.2. The summed E-state index contributed by atoms with van der Waals surface area (Å²) < 4.78 is 0. The summed E-state index contributed by atoms with van der Waals surface area (Å²) in [6.45, 7) is 6.94. The number of nitrogens with zero attached hydrogens (tertiary/aromatic N) is 1. The molecule has 0 aliphatic heterocycles. The summed E-state index contributed by atoms with van der Waals surface area (Å²) >= 11 is -1.29. The van der Waals surface area contributed by atoms with Gasteiger partial charge < -0.3 is 0 Å². The topological polar surface area (TPSA) is 3.24 Å². The Kier molecular flexibility index (Phi) is 4.62. The Morgan fingerprint density at radius 1 is 1.00 bits per heavy atom. The molecule has 1 nitrogen and oxygen atoms in total. The molecule has 10 heavy (non-hydrogen) atoms. The molecule has 0 saturated heterocycles. The van der Waals surface area contributed by atoms with Crippen LogP contribution in [-0.2, 0) is 0 Å². The van der Waals surface area contributed by atoms with Gasteiger partial charge in [0.2, 0.25) is 0 Å². The van der Waals surface area contributed by atoms with Crippen molar-refractivity contribution in [2.45, 2.75) is 31.1 Å². The van der Waals surface area contributed by atoms with E-state index in [2.05, 4.69) is 36.0 Å². The maximum atomic E-state index is 2.54. The van der Waals surface area contributed by atoms with Crippen LogP contribution < -0.4 is 0 Å². The van der Waals surface area contributed by atoms with Gasteiger partial charge in [0.25, 0.3) is 0 Å². The van der Waals surface area contributed by atoms with E-state index in [0.717, 1.165) is 0 Å². The molecule has 0 aromatic rings. The molecule has 0 N–H and O–H groups in total. The molecule has 0 saturated carbocycles. The normalized spacial score (nSPS) is 12.6. The quantitative estimate of drug-likeness (QED) is 0.634. The van der Waals surface area contributed by atoms with Crippen molar-refractivity contribution in [2.75, 3.05) is 18.5 Å². The molecule has 0 aromatic heterocycles. The van der Waals surface area contributed by atoms with Crippen LogP contribution in [0.15, 0.2) is 0 Å². The zero-order chi connectivity index (χ0) is 8.20. The van der Waals surface area contributed by atoms with Gasteiger partial charge in [-0.05, 0) is 0 Å². The molecule has 0 heterocycles. The number of rotatable bonds is 4. The van der Waals surface area contributed by atoms with Gasteiger partial charge in [-0.1, -0.05) is 0 Å². The molecule has 0 bridgehead atoms. The van der Waals surface area contributed by atoms with Crippen LogP contribution in [0.5, 0.6) is 0 Å². The van der Waals surface area contributed by atoms with Gasteiger partial charge in [0.1, 0.15) is 0 Å². The Hall–Kier alpha value is 0.503. The average Bonchev–Trinajstić information content (AvgIpc) is 1.81. The Labute approximate surface area is 68.2 Å². The molecule has 2 heteroatoms. The van der Waals surface area contributed by atoms with Crippen LogP contribution in [0.1, 0.15) is 13.8 Å². The van der Waals surface area contributed by atoms with E-state index in [1.54, 1.807) is 0 Å². The van der Waals surface area contributed by atoms with Gasteiger partial charge >= 0.3 is 67.7 Å². The van der Waals surface area contributed by atoms with E-state index in [4.69, 9.17) is 0 Å². The zero-order valence-electron chi connectivity index (χ0n) is 8.07. The van der Waals surface area contributed by atoms with E-state index in [9.17, 15) is 0 Å². The molecule has 0 radical (unpaired) electrons. The first-order valence-electron chi connectivity index (χ1n) is 4.22. The number of hydrogen-bond donors (Lipinski definition) is 0. The molecule has 0 aliphatic carbocycles. The third-order valence-electron chi connectivity index (χ3n) is 1.59. The first kappa shape index (κ1) is 10.5. The summed E-state index contributed by atoms with van der Waals surface area (Å²) in [5.41, 5.74) is 0. The van der Waals surface area contributed by atoms with Crippen molar-refractivity contribution >= 4 is 13.3 Å². The van der Waals surface area contributed by atoms with Gasteiger partial charge in [-0.25, -0.2) is 0 Å². The molecule has 0 atom stereocenters. The van der Waals surface area contributed by atoms with E-state index in [0.29, 0.717) is 0 Å². The molecule has 0 amide bonds. The summed E-state index contributed by atoms with van der Waals surface area (Å²) in [7, 11) is 0. The molecular weight excluding hydrogens is 183 g/mol. The second-order valence-corrected chi connectivity index (χ2v) is 15.4.